The molecule has 1 aromatic heterocycles. The molecule has 0 bridgehead atoms. The number of aryl methyl sites for hydroxylation is 1. The predicted molar refractivity (Wildman–Crippen MR) is 97.4 cm³/mol. The lowest BCUT2D eigenvalue weighted by molar-refractivity contribution is 0.0933. The average molecular weight is 347 g/mol. The summed E-state index contributed by atoms with van der Waals surface area (Å²) in [5.74, 6) is 1.01. The van der Waals surface area contributed by atoms with Crippen LogP contribution in [0.4, 0.5) is 0 Å². The van der Waals surface area contributed by atoms with Crippen molar-refractivity contribution in [2.45, 2.75) is 39.8 Å². The fraction of sp³-hybridized carbons (Fsp3) is 0.444. The van der Waals surface area contributed by atoms with E-state index in [0.29, 0.717) is 30.4 Å². The van der Waals surface area contributed by atoms with Crippen molar-refractivity contribution in [1.29, 1.82) is 0 Å². The van der Waals surface area contributed by atoms with E-state index in [2.05, 4.69) is 24.1 Å². The lowest BCUT2D eigenvalue weighted by atomic mass is 10.0. The molecular formula is C18H25N3O2S. The van der Waals surface area contributed by atoms with Gasteiger partial charge in [0.25, 0.3) is 5.91 Å². The van der Waals surface area contributed by atoms with Crippen molar-refractivity contribution < 1.29 is 9.53 Å². The van der Waals surface area contributed by atoms with Crippen LogP contribution in [0.1, 0.15) is 41.3 Å². The van der Waals surface area contributed by atoms with Gasteiger partial charge in [-0.3, -0.25) is 4.79 Å². The van der Waals surface area contributed by atoms with Crippen molar-refractivity contribution in [2.75, 3.05) is 6.54 Å². The van der Waals surface area contributed by atoms with Gasteiger partial charge in [0.15, 0.2) is 0 Å². The van der Waals surface area contributed by atoms with Gasteiger partial charge in [-0.25, -0.2) is 4.98 Å². The maximum atomic E-state index is 12.4. The normalized spacial score (nSPS) is 12.2. The minimum Gasteiger partial charge on any atom is -0.487 e. The van der Waals surface area contributed by atoms with Gasteiger partial charge in [0, 0.05) is 23.5 Å². The largest absolute Gasteiger partial charge is 0.487 e. The average Bonchev–Trinajstić information content (AvgIpc) is 2.97. The molecular weight excluding hydrogens is 322 g/mol. The van der Waals surface area contributed by atoms with Crippen LogP contribution in [0, 0.1) is 12.8 Å². The number of nitrogens with zero attached hydrogens (tertiary/aromatic N) is 1. The molecule has 2 aromatic rings. The van der Waals surface area contributed by atoms with E-state index in [4.69, 9.17) is 10.5 Å². The van der Waals surface area contributed by atoms with E-state index in [1.807, 2.05) is 24.4 Å². The Hall–Kier alpha value is -1.92. The fourth-order valence-electron chi connectivity index (χ4n) is 2.41. The van der Waals surface area contributed by atoms with Crippen molar-refractivity contribution in [1.82, 2.24) is 10.3 Å². The first-order chi connectivity index (χ1) is 11.5. The standard InChI is InChI=1S/C18H25N3O2S/c1-12(2)7-15(9-19)21-18(22)14-5-4-6-17(8-14)23-10-16-11-24-13(3)20-16/h4-6,8,11-12,15H,7,9-10,19H2,1-3H3,(H,21,22). The number of nitrogens with one attached hydrogen (secondary N) is 1. The molecule has 2 rings (SSSR count). The monoisotopic (exact) mass is 347 g/mol. The molecule has 1 unspecified atom stereocenters. The van der Waals surface area contributed by atoms with Crippen LogP contribution in [0.5, 0.6) is 5.75 Å². The Kier molecular flexibility index (Phi) is 6.75. The Labute approximate surface area is 147 Å². The molecule has 3 N–H and O–H groups in total. The van der Waals surface area contributed by atoms with Gasteiger partial charge in [-0.1, -0.05) is 19.9 Å². The summed E-state index contributed by atoms with van der Waals surface area (Å²) in [6.07, 6.45) is 0.863. The zero-order valence-electron chi connectivity index (χ0n) is 14.4. The molecule has 0 spiro atoms. The first kappa shape index (κ1) is 18.4. The molecule has 5 nitrogen and oxygen atoms in total. The highest BCUT2D eigenvalue weighted by molar-refractivity contribution is 7.09. The Morgan fingerprint density at radius 2 is 2.21 bits per heavy atom. The molecule has 0 saturated carbocycles. The van der Waals surface area contributed by atoms with Crippen molar-refractivity contribution >= 4 is 17.2 Å². The zero-order valence-corrected chi connectivity index (χ0v) is 15.2. The molecule has 0 aliphatic carbocycles. The van der Waals surface area contributed by atoms with Gasteiger partial charge in [0.1, 0.15) is 12.4 Å². The van der Waals surface area contributed by atoms with Crippen molar-refractivity contribution in [3.8, 4) is 5.75 Å². The number of hydrogen-bond donors (Lipinski definition) is 2. The highest BCUT2D eigenvalue weighted by Crippen LogP contribution is 2.17. The molecule has 1 aromatic carbocycles. The van der Waals surface area contributed by atoms with Crippen molar-refractivity contribution in [3.63, 3.8) is 0 Å². The number of hydrogen-bond acceptors (Lipinski definition) is 5. The van der Waals surface area contributed by atoms with E-state index in [1.54, 1.807) is 23.5 Å². The van der Waals surface area contributed by atoms with Gasteiger partial charge < -0.3 is 15.8 Å². The molecule has 1 heterocycles. The lowest BCUT2D eigenvalue weighted by Crippen LogP contribution is -2.41. The summed E-state index contributed by atoms with van der Waals surface area (Å²) in [6, 6.07) is 7.16. The maximum absolute atomic E-state index is 12.4. The molecule has 0 saturated heterocycles. The third kappa shape index (κ3) is 5.62. The summed E-state index contributed by atoms with van der Waals surface area (Å²) >= 11 is 1.59. The smallest absolute Gasteiger partial charge is 0.251 e. The molecule has 1 amide bonds. The SMILES string of the molecule is Cc1nc(COc2cccc(C(=O)NC(CN)CC(C)C)c2)cs1. The topological polar surface area (TPSA) is 77.2 Å². The summed E-state index contributed by atoms with van der Waals surface area (Å²) < 4.78 is 5.73. The molecule has 24 heavy (non-hydrogen) atoms. The van der Waals surface area contributed by atoms with Gasteiger partial charge in [0.05, 0.1) is 10.7 Å². The van der Waals surface area contributed by atoms with E-state index < -0.39 is 0 Å². The Morgan fingerprint density at radius 3 is 2.83 bits per heavy atom. The summed E-state index contributed by atoms with van der Waals surface area (Å²) in [5, 5.41) is 5.98. The van der Waals surface area contributed by atoms with E-state index in [1.165, 1.54) is 0 Å². The number of amides is 1. The van der Waals surface area contributed by atoms with Crippen LogP contribution in [-0.4, -0.2) is 23.5 Å². The van der Waals surface area contributed by atoms with Crippen molar-refractivity contribution in [3.05, 3.63) is 45.9 Å². The van der Waals surface area contributed by atoms with E-state index in [9.17, 15) is 4.79 Å². The van der Waals surface area contributed by atoms with Crippen LogP contribution in [0.15, 0.2) is 29.6 Å². The number of rotatable bonds is 8. The quantitative estimate of drug-likeness (QED) is 0.769. The lowest BCUT2D eigenvalue weighted by Gasteiger charge is -2.19. The molecule has 6 heteroatoms. The number of aromatic nitrogens is 1. The van der Waals surface area contributed by atoms with Gasteiger partial charge in [0.2, 0.25) is 0 Å². The summed E-state index contributed by atoms with van der Waals surface area (Å²) in [5.41, 5.74) is 7.22. The highest BCUT2D eigenvalue weighted by atomic mass is 32.1. The molecule has 0 aliphatic rings. The minimum atomic E-state index is -0.124. The Bertz CT molecular complexity index is 670. The number of carbonyl (C=O) groups is 1. The van der Waals surface area contributed by atoms with Crippen LogP contribution < -0.4 is 15.8 Å². The summed E-state index contributed by atoms with van der Waals surface area (Å²) in [6.45, 7) is 7.02. The van der Waals surface area contributed by atoms with E-state index in [-0.39, 0.29) is 11.9 Å². The molecule has 0 aliphatic heterocycles. The van der Waals surface area contributed by atoms with Gasteiger partial charge in [-0.2, -0.15) is 0 Å². The zero-order chi connectivity index (χ0) is 17.5. The van der Waals surface area contributed by atoms with Gasteiger partial charge >= 0.3 is 0 Å². The second-order valence-electron chi connectivity index (χ2n) is 6.21. The van der Waals surface area contributed by atoms with Crippen LogP contribution in [0.2, 0.25) is 0 Å². The molecule has 130 valence electrons. The summed E-state index contributed by atoms with van der Waals surface area (Å²) in [4.78, 5) is 16.8. The molecule has 1 atom stereocenters. The third-order valence-corrected chi connectivity index (χ3v) is 4.35. The number of carbonyl (C=O) groups excluding carboxylic acids is 1. The Balaban J connectivity index is 1.96. The molecule has 0 fully saturated rings. The predicted octanol–water partition coefficient (Wildman–Crippen LogP) is 3.13. The van der Waals surface area contributed by atoms with Crippen LogP contribution in [0.3, 0.4) is 0 Å². The Morgan fingerprint density at radius 1 is 1.42 bits per heavy atom. The first-order valence-corrected chi connectivity index (χ1v) is 9.00. The van der Waals surface area contributed by atoms with Crippen LogP contribution in [0.25, 0.3) is 0 Å². The number of nitrogens with two attached hydrogens (primary N) is 1. The second kappa shape index (κ2) is 8.80. The number of benzene rings is 1. The van der Waals surface area contributed by atoms with Crippen molar-refractivity contribution in [2.24, 2.45) is 11.7 Å². The maximum Gasteiger partial charge on any atom is 0.251 e. The summed E-state index contributed by atoms with van der Waals surface area (Å²) in [7, 11) is 0. The number of thiazole rings is 1. The fourth-order valence-corrected chi connectivity index (χ4v) is 3.01. The number of ether oxygens (including phenoxy) is 1. The van der Waals surface area contributed by atoms with E-state index in [0.717, 1.165) is 17.1 Å². The molecule has 0 radical (unpaired) electrons. The minimum absolute atomic E-state index is 0.0138. The van der Waals surface area contributed by atoms with Crippen LogP contribution >= 0.6 is 11.3 Å². The van der Waals surface area contributed by atoms with Gasteiger partial charge in [-0.05, 0) is 37.5 Å². The van der Waals surface area contributed by atoms with Crippen LogP contribution in [-0.2, 0) is 6.61 Å². The first-order valence-electron chi connectivity index (χ1n) is 8.12. The second-order valence-corrected chi connectivity index (χ2v) is 7.27. The highest BCUT2D eigenvalue weighted by Gasteiger charge is 2.14. The third-order valence-electron chi connectivity index (χ3n) is 3.53. The van der Waals surface area contributed by atoms with E-state index >= 15 is 0 Å². The van der Waals surface area contributed by atoms with Gasteiger partial charge in [-0.15, -0.1) is 11.3 Å².